The largest absolute Gasteiger partial charge is 0.339 e. The number of fused-ring (bicyclic) bond motifs is 1. The van der Waals surface area contributed by atoms with Gasteiger partial charge in [0.25, 0.3) is 5.56 Å². The van der Waals surface area contributed by atoms with Gasteiger partial charge in [-0.15, -0.1) is 0 Å². The van der Waals surface area contributed by atoms with Crippen molar-refractivity contribution in [3.63, 3.8) is 0 Å². The van der Waals surface area contributed by atoms with E-state index in [1.807, 2.05) is 26.8 Å². The van der Waals surface area contributed by atoms with Gasteiger partial charge in [0.05, 0.1) is 17.2 Å². The second-order valence-corrected chi connectivity index (χ2v) is 7.62. The van der Waals surface area contributed by atoms with E-state index in [0.29, 0.717) is 37.1 Å². The van der Waals surface area contributed by atoms with E-state index >= 15 is 0 Å². The number of rotatable bonds is 2. The summed E-state index contributed by atoms with van der Waals surface area (Å²) in [6.07, 6.45) is 1.42. The van der Waals surface area contributed by atoms with Crippen LogP contribution in [0.5, 0.6) is 0 Å². The topological polar surface area (TPSA) is 75.5 Å². The van der Waals surface area contributed by atoms with Crippen LogP contribution in [0.15, 0.2) is 35.4 Å². The number of hydrogen-bond donors (Lipinski definition) is 0. The second-order valence-electron chi connectivity index (χ2n) is 7.62. The monoisotopic (exact) mass is 356 g/mol. The molecule has 3 rings (SSSR count). The minimum Gasteiger partial charge on any atom is -0.339 e. The van der Waals surface area contributed by atoms with E-state index in [1.54, 1.807) is 28.0 Å². The fraction of sp³-hybridized carbons (Fsp3) is 0.474. The number of benzene rings is 1. The Balaban J connectivity index is 1.66. The highest BCUT2D eigenvalue weighted by molar-refractivity contribution is 5.82. The molecular weight excluding hydrogens is 332 g/mol. The van der Waals surface area contributed by atoms with E-state index in [2.05, 4.69) is 4.98 Å². The fourth-order valence-electron chi connectivity index (χ4n) is 3.10. The Bertz CT molecular complexity index is 890. The van der Waals surface area contributed by atoms with E-state index in [0.717, 1.165) is 0 Å². The molecule has 0 aliphatic carbocycles. The summed E-state index contributed by atoms with van der Waals surface area (Å²) in [6.45, 7) is 7.65. The van der Waals surface area contributed by atoms with E-state index < -0.39 is 5.41 Å². The maximum Gasteiger partial charge on any atom is 0.261 e. The van der Waals surface area contributed by atoms with Gasteiger partial charge in [0.2, 0.25) is 11.8 Å². The first-order chi connectivity index (χ1) is 12.3. The molecule has 0 bridgehead atoms. The van der Waals surface area contributed by atoms with Crippen LogP contribution < -0.4 is 5.56 Å². The maximum atomic E-state index is 12.6. The van der Waals surface area contributed by atoms with Crippen molar-refractivity contribution in [2.75, 3.05) is 26.2 Å². The summed E-state index contributed by atoms with van der Waals surface area (Å²) in [5.74, 6) is -0.0356. The minimum atomic E-state index is -0.420. The Hall–Kier alpha value is -2.70. The molecule has 1 fully saturated rings. The molecule has 0 N–H and O–H groups in total. The number of carbonyl (C=O) groups excluding carboxylic acids is 2. The van der Waals surface area contributed by atoms with Crippen LogP contribution in [-0.4, -0.2) is 57.3 Å². The molecule has 26 heavy (non-hydrogen) atoms. The summed E-state index contributed by atoms with van der Waals surface area (Å²) >= 11 is 0. The molecule has 2 aromatic rings. The number of nitrogens with zero attached hydrogens (tertiary/aromatic N) is 4. The molecular formula is C19H24N4O3. The summed E-state index contributed by atoms with van der Waals surface area (Å²) in [4.78, 5) is 45.1. The zero-order valence-corrected chi connectivity index (χ0v) is 15.4. The Labute approximate surface area is 152 Å². The van der Waals surface area contributed by atoms with E-state index in [9.17, 15) is 14.4 Å². The van der Waals surface area contributed by atoms with Crippen molar-refractivity contribution < 1.29 is 9.59 Å². The fourth-order valence-corrected chi connectivity index (χ4v) is 3.10. The smallest absolute Gasteiger partial charge is 0.261 e. The minimum absolute atomic E-state index is 0.0378. The van der Waals surface area contributed by atoms with Gasteiger partial charge in [-0.3, -0.25) is 19.0 Å². The van der Waals surface area contributed by atoms with Crippen molar-refractivity contribution in [2.24, 2.45) is 5.41 Å². The van der Waals surface area contributed by atoms with Crippen molar-refractivity contribution >= 4 is 22.7 Å². The lowest BCUT2D eigenvalue weighted by molar-refractivity contribution is -0.145. The van der Waals surface area contributed by atoms with Crippen molar-refractivity contribution in [3.8, 4) is 0 Å². The standard InChI is InChI=1S/C19H24N4O3/c1-19(2,3)18(26)22-10-8-21(9-11-22)16(24)12-23-13-20-15-7-5-4-6-14(15)17(23)25/h4-7,13H,8-12H2,1-3H3. The number of piperazine rings is 1. The maximum absolute atomic E-state index is 12.6. The van der Waals surface area contributed by atoms with Crippen LogP contribution in [0.4, 0.5) is 0 Å². The predicted octanol–water partition coefficient (Wildman–Crippen LogP) is 1.11. The van der Waals surface area contributed by atoms with E-state index in [1.165, 1.54) is 10.9 Å². The Kier molecular flexibility index (Phi) is 4.80. The SMILES string of the molecule is CC(C)(C)C(=O)N1CCN(C(=O)Cn2cnc3ccccc3c2=O)CC1. The Morgan fingerprint density at radius 2 is 1.65 bits per heavy atom. The summed E-state index contributed by atoms with van der Waals surface area (Å²) in [5, 5.41) is 0.503. The Morgan fingerprint density at radius 1 is 1.04 bits per heavy atom. The van der Waals surface area contributed by atoms with Gasteiger partial charge in [0, 0.05) is 31.6 Å². The highest BCUT2D eigenvalue weighted by Gasteiger charge is 2.30. The van der Waals surface area contributed by atoms with Gasteiger partial charge in [-0.25, -0.2) is 4.98 Å². The molecule has 138 valence electrons. The number of para-hydroxylation sites is 1. The lowest BCUT2D eigenvalue weighted by atomic mass is 9.94. The van der Waals surface area contributed by atoms with Crippen LogP contribution in [0.3, 0.4) is 0 Å². The number of hydrogen-bond acceptors (Lipinski definition) is 4. The van der Waals surface area contributed by atoms with Crippen LogP contribution in [0.2, 0.25) is 0 Å². The van der Waals surface area contributed by atoms with Crippen molar-refractivity contribution in [1.82, 2.24) is 19.4 Å². The molecule has 0 atom stereocenters. The molecule has 7 heteroatoms. The van der Waals surface area contributed by atoms with Crippen LogP contribution in [-0.2, 0) is 16.1 Å². The van der Waals surface area contributed by atoms with Crippen LogP contribution >= 0.6 is 0 Å². The predicted molar refractivity (Wildman–Crippen MR) is 98.6 cm³/mol. The number of amides is 2. The summed E-state index contributed by atoms with van der Waals surface area (Å²) in [6, 6.07) is 7.09. The molecule has 1 aliphatic rings. The molecule has 2 heterocycles. The molecule has 1 aliphatic heterocycles. The third-order valence-corrected chi connectivity index (χ3v) is 4.60. The van der Waals surface area contributed by atoms with E-state index in [4.69, 9.17) is 0 Å². The van der Waals surface area contributed by atoms with Gasteiger partial charge in [0.15, 0.2) is 0 Å². The van der Waals surface area contributed by atoms with Gasteiger partial charge in [-0.2, -0.15) is 0 Å². The normalized spacial score (nSPS) is 15.3. The first-order valence-corrected chi connectivity index (χ1v) is 8.79. The molecule has 1 aromatic carbocycles. The van der Waals surface area contributed by atoms with Gasteiger partial charge >= 0.3 is 0 Å². The Morgan fingerprint density at radius 3 is 2.31 bits per heavy atom. The quantitative estimate of drug-likeness (QED) is 0.808. The lowest BCUT2D eigenvalue weighted by Crippen LogP contribution is -2.53. The summed E-state index contributed by atoms with van der Waals surface area (Å²) in [7, 11) is 0. The first kappa shape index (κ1) is 18.1. The molecule has 0 unspecified atom stereocenters. The average molecular weight is 356 g/mol. The first-order valence-electron chi connectivity index (χ1n) is 8.79. The molecule has 0 saturated carbocycles. The van der Waals surface area contributed by atoms with E-state index in [-0.39, 0.29) is 23.9 Å². The van der Waals surface area contributed by atoms with Crippen LogP contribution in [0, 0.1) is 5.41 Å². The van der Waals surface area contributed by atoms with Gasteiger partial charge < -0.3 is 9.80 Å². The molecule has 0 spiro atoms. The van der Waals surface area contributed by atoms with Gasteiger partial charge in [0.1, 0.15) is 6.54 Å². The highest BCUT2D eigenvalue weighted by Crippen LogP contribution is 2.18. The van der Waals surface area contributed by atoms with Crippen molar-refractivity contribution in [2.45, 2.75) is 27.3 Å². The van der Waals surface area contributed by atoms with Crippen LogP contribution in [0.1, 0.15) is 20.8 Å². The van der Waals surface area contributed by atoms with Crippen molar-refractivity contribution in [3.05, 3.63) is 40.9 Å². The average Bonchev–Trinajstić information content (AvgIpc) is 2.63. The summed E-state index contributed by atoms with van der Waals surface area (Å²) in [5.41, 5.74) is -0.0167. The van der Waals surface area contributed by atoms with Crippen molar-refractivity contribution in [1.29, 1.82) is 0 Å². The number of carbonyl (C=O) groups is 2. The zero-order chi connectivity index (χ0) is 18.9. The van der Waals surface area contributed by atoms with Gasteiger partial charge in [-0.1, -0.05) is 32.9 Å². The molecule has 1 aromatic heterocycles. The lowest BCUT2D eigenvalue weighted by Gasteiger charge is -2.37. The molecule has 2 amide bonds. The zero-order valence-electron chi connectivity index (χ0n) is 15.4. The third-order valence-electron chi connectivity index (χ3n) is 4.60. The van der Waals surface area contributed by atoms with Crippen LogP contribution in [0.25, 0.3) is 10.9 Å². The summed E-state index contributed by atoms with van der Waals surface area (Å²) < 4.78 is 1.34. The third kappa shape index (κ3) is 3.61. The molecule has 7 nitrogen and oxygen atoms in total. The van der Waals surface area contributed by atoms with Gasteiger partial charge in [-0.05, 0) is 12.1 Å². The second kappa shape index (κ2) is 6.90. The molecule has 1 saturated heterocycles. The number of aromatic nitrogens is 2. The molecule has 0 radical (unpaired) electrons. The highest BCUT2D eigenvalue weighted by atomic mass is 16.2.